The molecule has 2 heterocycles. The van der Waals surface area contributed by atoms with Gasteiger partial charge in [-0.1, -0.05) is 0 Å². The Bertz CT molecular complexity index is 877. The van der Waals surface area contributed by atoms with E-state index in [1.165, 1.54) is 6.08 Å². The van der Waals surface area contributed by atoms with E-state index in [1.807, 2.05) is 49.1 Å². The third kappa shape index (κ3) is 3.36. The first-order valence-electron chi connectivity index (χ1n) is 6.96. The molecule has 0 saturated heterocycles. The number of ether oxygens (including phenoxy) is 1. The second-order valence-electron chi connectivity index (χ2n) is 5.05. The van der Waals surface area contributed by atoms with E-state index in [1.54, 1.807) is 13.2 Å². The van der Waals surface area contributed by atoms with Gasteiger partial charge in [0.05, 0.1) is 18.3 Å². The number of hydrogen-bond donors (Lipinski definition) is 0. The van der Waals surface area contributed by atoms with Crippen LogP contribution in [0.15, 0.2) is 36.5 Å². The molecule has 0 aliphatic rings. The van der Waals surface area contributed by atoms with Crippen LogP contribution >= 0.6 is 0 Å². The van der Waals surface area contributed by atoms with E-state index in [2.05, 4.69) is 9.67 Å². The molecule has 0 fully saturated rings. The molecular weight excluding hydrogens is 317 g/mol. The number of rotatable bonds is 4. The van der Waals surface area contributed by atoms with Crippen LogP contribution in [0.1, 0.15) is 11.3 Å². The topological polar surface area (TPSA) is 49.1 Å². The van der Waals surface area contributed by atoms with Gasteiger partial charge in [0, 0.05) is 30.3 Å². The van der Waals surface area contributed by atoms with Crippen molar-refractivity contribution in [2.75, 3.05) is 7.11 Å². The van der Waals surface area contributed by atoms with E-state index in [4.69, 9.17) is 4.74 Å². The SMILES string of the molecule is COc1ccc2ccn(-c3c(/C=C/C=O)c(C)nn3C)c2c1.[KH]. The second kappa shape index (κ2) is 7.59. The van der Waals surface area contributed by atoms with Gasteiger partial charge >= 0.3 is 51.4 Å². The number of methoxy groups -OCH3 is 1. The van der Waals surface area contributed by atoms with Crippen LogP contribution in [-0.4, -0.2) is 79.1 Å². The minimum atomic E-state index is 0. The van der Waals surface area contributed by atoms with E-state index in [0.717, 1.165) is 40.0 Å². The zero-order chi connectivity index (χ0) is 15.7. The molecule has 0 spiro atoms. The van der Waals surface area contributed by atoms with Gasteiger partial charge in [-0.25, -0.2) is 0 Å². The number of aryl methyl sites for hydroxylation is 2. The van der Waals surface area contributed by atoms with Gasteiger partial charge in [-0.15, -0.1) is 0 Å². The Kier molecular flexibility index (Phi) is 5.99. The summed E-state index contributed by atoms with van der Waals surface area (Å²) in [4.78, 5) is 10.7. The molecule has 0 bridgehead atoms. The van der Waals surface area contributed by atoms with Crippen LogP contribution < -0.4 is 4.74 Å². The molecule has 0 amide bonds. The van der Waals surface area contributed by atoms with Crippen LogP contribution in [-0.2, 0) is 11.8 Å². The van der Waals surface area contributed by atoms with E-state index in [-0.39, 0.29) is 51.4 Å². The molecule has 114 valence electrons. The van der Waals surface area contributed by atoms with Crippen molar-refractivity contribution in [3.63, 3.8) is 0 Å². The van der Waals surface area contributed by atoms with E-state index < -0.39 is 0 Å². The van der Waals surface area contributed by atoms with Crippen LogP contribution in [0, 0.1) is 6.92 Å². The first-order valence-corrected chi connectivity index (χ1v) is 6.96. The molecule has 3 aromatic rings. The molecule has 0 saturated carbocycles. The average Bonchev–Trinajstić information content (AvgIpc) is 3.04. The third-order valence-electron chi connectivity index (χ3n) is 3.71. The number of aromatic nitrogens is 3. The van der Waals surface area contributed by atoms with Gasteiger partial charge in [-0.05, 0) is 37.3 Å². The number of fused-ring (bicyclic) bond motifs is 1. The second-order valence-corrected chi connectivity index (χ2v) is 5.05. The van der Waals surface area contributed by atoms with E-state index in [0.29, 0.717) is 0 Å². The molecule has 23 heavy (non-hydrogen) atoms. The van der Waals surface area contributed by atoms with Gasteiger partial charge < -0.3 is 9.30 Å². The van der Waals surface area contributed by atoms with Gasteiger partial charge in [-0.2, -0.15) is 5.10 Å². The molecule has 3 rings (SSSR count). The van der Waals surface area contributed by atoms with Crippen molar-refractivity contribution >= 4 is 74.6 Å². The fourth-order valence-corrected chi connectivity index (χ4v) is 2.70. The number of aldehydes is 1. The minimum absolute atomic E-state index is 0. The summed E-state index contributed by atoms with van der Waals surface area (Å²) in [6, 6.07) is 8.00. The Morgan fingerprint density at radius 2 is 2.04 bits per heavy atom. The first kappa shape index (κ1) is 18.2. The number of carbonyl (C=O) groups excluding carboxylic acids is 1. The number of allylic oxidation sites excluding steroid dienone is 1. The standard InChI is InChI=1S/C17H17N3O2.K.H/c1-12-15(5-4-10-21)17(19(2)18-12)20-9-8-13-6-7-14(22-3)11-16(13)20;;/h4-11H,1-3H3;;/b5-4+;;. The monoisotopic (exact) mass is 335 g/mol. The van der Waals surface area contributed by atoms with Crippen molar-refractivity contribution in [2.24, 2.45) is 7.05 Å². The molecule has 5 nitrogen and oxygen atoms in total. The predicted octanol–water partition coefficient (Wildman–Crippen LogP) is 2.24. The summed E-state index contributed by atoms with van der Waals surface area (Å²) in [5.74, 6) is 1.72. The zero-order valence-electron chi connectivity index (χ0n) is 12.8. The summed E-state index contributed by atoms with van der Waals surface area (Å²) in [7, 11) is 3.55. The summed E-state index contributed by atoms with van der Waals surface area (Å²) in [5.41, 5.74) is 2.83. The fraction of sp³-hybridized carbons (Fsp3) is 0.176. The molecule has 6 heteroatoms. The van der Waals surface area contributed by atoms with Gasteiger partial charge in [-0.3, -0.25) is 9.48 Å². The van der Waals surface area contributed by atoms with Crippen LogP contribution in [0.4, 0.5) is 0 Å². The first-order chi connectivity index (χ1) is 10.7. The maximum atomic E-state index is 10.7. The molecule has 0 aliphatic carbocycles. The van der Waals surface area contributed by atoms with Gasteiger partial charge in [0.2, 0.25) is 0 Å². The van der Waals surface area contributed by atoms with Crippen LogP contribution in [0.25, 0.3) is 22.8 Å². The maximum absolute atomic E-state index is 10.7. The van der Waals surface area contributed by atoms with Crippen LogP contribution in [0.5, 0.6) is 5.75 Å². The van der Waals surface area contributed by atoms with Crippen LogP contribution in [0.3, 0.4) is 0 Å². The Hall–Kier alpha value is -1.18. The number of benzene rings is 1. The normalized spacial score (nSPS) is 10.9. The zero-order valence-corrected chi connectivity index (χ0v) is 12.8. The molecule has 1 aromatic carbocycles. The molecule has 0 radical (unpaired) electrons. The van der Waals surface area contributed by atoms with Crippen molar-refractivity contribution in [1.29, 1.82) is 0 Å². The Balaban J connectivity index is 0.00000192. The summed E-state index contributed by atoms with van der Waals surface area (Å²) in [6.07, 6.45) is 6.04. The van der Waals surface area contributed by atoms with Crippen molar-refractivity contribution in [2.45, 2.75) is 6.92 Å². The molecule has 0 N–H and O–H groups in total. The Morgan fingerprint density at radius 3 is 2.74 bits per heavy atom. The Labute approximate surface area is 177 Å². The van der Waals surface area contributed by atoms with Gasteiger partial charge in [0.25, 0.3) is 0 Å². The third-order valence-corrected chi connectivity index (χ3v) is 3.71. The summed E-state index contributed by atoms with van der Waals surface area (Å²) in [6.45, 7) is 1.93. The van der Waals surface area contributed by atoms with Crippen LogP contribution in [0.2, 0.25) is 0 Å². The Morgan fingerprint density at radius 1 is 1.26 bits per heavy atom. The van der Waals surface area contributed by atoms with Crippen molar-refractivity contribution < 1.29 is 9.53 Å². The molecular formula is C17H18KN3O2. The van der Waals surface area contributed by atoms with Crippen molar-refractivity contribution in [1.82, 2.24) is 14.3 Å². The number of carbonyl (C=O) groups is 1. The number of nitrogens with zero attached hydrogens (tertiary/aromatic N) is 3. The molecule has 0 unspecified atom stereocenters. The summed E-state index contributed by atoms with van der Waals surface area (Å²) in [5, 5.41) is 5.58. The van der Waals surface area contributed by atoms with E-state index >= 15 is 0 Å². The van der Waals surface area contributed by atoms with Crippen molar-refractivity contribution in [3.05, 3.63) is 47.8 Å². The van der Waals surface area contributed by atoms with E-state index in [9.17, 15) is 4.79 Å². The quantitative estimate of drug-likeness (QED) is 0.417. The summed E-state index contributed by atoms with van der Waals surface area (Å²) >= 11 is 0. The average molecular weight is 335 g/mol. The predicted molar refractivity (Wildman–Crippen MR) is 93.6 cm³/mol. The number of hydrogen-bond acceptors (Lipinski definition) is 3. The molecule has 2 aromatic heterocycles. The van der Waals surface area contributed by atoms with Gasteiger partial charge in [0.15, 0.2) is 0 Å². The van der Waals surface area contributed by atoms with Crippen molar-refractivity contribution in [3.8, 4) is 11.6 Å². The summed E-state index contributed by atoms with van der Waals surface area (Å²) < 4.78 is 9.19. The van der Waals surface area contributed by atoms with Gasteiger partial charge in [0.1, 0.15) is 17.9 Å². The fourth-order valence-electron chi connectivity index (χ4n) is 2.70. The molecule has 0 atom stereocenters. The molecule has 0 aliphatic heterocycles.